The third-order valence-corrected chi connectivity index (χ3v) is 4.42. The smallest absolute Gasteiger partial charge is 0.450 e. The lowest BCUT2D eigenvalue weighted by molar-refractivity contribution is -0.146. The fourth-order valence-corrected chi connectivity index (χ4v) is 2.95. The van der Waals surface area contributed by atoms with Crippen LogP contribution in [0.25, 0.3) is 11.0 Å². The molecule has 0 aliphatic rings. The van der Waals surface area contributed by atoms with Gasteiger partial charge in [-0.3, -0.25) is 8.80 Å². The van der Waals surface area contributed by atoms with Crippen molar-refractivity contribution in [1.82, 2.24) is 18.8 Å². The van der Waals surface area contributed by atoms with Crippen LogP contribution >= 0.6 is 15.9 Å². The first-order valence-electron chi connectivity index (χ1n) is 8.24. The number of rotatable bonds is 1. The number of imidazole rings is 2. The van der Waals surface area contributed by atoms with Crippen LogP contribution in [0.3, 0.4) is 0 Å². The Morgan fingerprint density at radius 3 is 1.84 bits per heavy atom. The molecule has 0 unspecified atom stereocenters. The molecule has 0 atom stereocenters. The Balaban J connectivity index is 0.000000179. The Bertz CT molecular complexity index is 1250. The normalized spacial score (nSPS) is 12.0. The van der Waals surface area contributed by atoms with Crippen molar-refractivity contribution in [2.75, 3.05) is 7.11 Å². The number of aromatic nitrogens is 4. The minimum atomic E-state index is -4.57. The SMILES string of the molecule is COC(=O)c1ccc2cnc(C(F)(F)F)n2c1.FC(F)(F)c1ncc2ccc(Br)cn12. The van der Waals surface area contributed by atoms with Gasteiger partial charge < -0.3 is 4.74 Å². The molecule has 4 aromatic rings. The highest BCUT2D eigenvalue weighted by atomic mass is 79.9. The van der Waals surface area contributed by atoms with Gasteiger partial charge in [0.25, 0.3) is 0 Å². The minimum absolute atomic E-state index is 0.0310. The number of hydrogen-bond donors (Lipinski definition) is 0. The van der Waals surface area contributed by atoms with E-state index in [1.165, 1.54) is 24.5 Å². The van der Waals surface area contributed by atoms with E-state index in [9.17, 15) is 31.1 Å². The molecule has 4 heterocycles. The van der Waals surface area contributed by atoms with Crippen molar-refractivity contribution in [2.45, 2.75) is 12.4 Å². The van der Waals surface area contributed by atoms with Gasteiger partial charge in [-0.15, -0.1) is 0 Å². The average molecular weight is 509 g/mol. The molecule has 0 aromatic carbocycles. The summed E-state index contributed by atoms with van der Waals surface area (Å²) in [5, 5.41) is 0. The number of methoxy groups -OCH3 is 1. The highest BCUT2D eigenvalue weighted by Gasteiger charge is 2.36. The fraction of sp³-hybridized carbons (Fsp3) is 0.167. The summed E-state index contributed by atoms with van der Waals surface area (Å²) in [5.41, 5.74) is 0.703. The van der Waals surface area contributed by atoms with Crippen LogP contribution in [0, 0.1) is 0 Å². The van der Waals surface area contributed by atoms with E-state index in [-0.39, 0.29) is 11.1 Å². The molecule has 164 valence electrons. The third-order valence-electron chi connectivity index (χ3n) is 3.95. The van der Waals surface area contributed by atoms with E-state index in [2.05, 4.69) is 30.6 Å². The third kappa shape index (κ3) is 4.81. The van der Waals surface area contributed by atoms with Gasteiger partial charge in [-0.2, -0.15) is 26.3 Å². The molecule has 0 saturated carbocycles. The van der Waals surface area contributed by atoms with Crippen LogP contribution in [-0.2, 0) is 17.1 Å². The largest absolute Gasteiger partial charge is 0.465 e. The van der Waals surface area contributed by atoms with Crippen molar-refractivity contribution in [3.8, 4) is 0 Å². The van der Waals surface area contributed by atoms with Crippen molar-refractivity contribution >= 4 is 32.9 Å². The monoisotopic (exact) mass is 508 g/mol. The van der Waals surface area contributed by atoms with Crippen LogP contribution in [0.5, 0.6) is 0 Å². The van der Waals surface area contributed by atoms with Crippen LogP contribution < -0.4 is 0 Å². The summed E-state index contributed by atoms with van der Waals surface area (Å²) in [7, 11) is 1.16. The van der Waals surface area contributed by atoms with Gasteiger partial charge >= 0.3 is 18.3 Å². The molecule has 4 aromatic heterocycles. The number of alkyl halides is 6. The van der Waals surface area contributed by atoms with Crippen molar-refractivity contribution < 1.29 is 35.9 Å². The number of nitrogens with zero attached hydrogens (tertiary/aromatic N) is 4. The zero-order chi connectivity index (χ0) is 23.0. The van der Waals surface area contributed by atoms with E-state index in [1.54, 1.807) is 12.1 Å². The van der Waals surface area contributed by atoms with Crippen molar-refractivity contribution in [1.29, 1.82) is 0 Å². The summed E-state index contributed by atoms with van der Waals surface area (Å²) >= 11 is 3.10. The van der Waals surface area contributed by atoms with E-state index in [0.717, 1.165) is 28.3 Å². The molecular formula is C18H11BrF6N4O2. The molecule has 0 N–H and O–H groups in total. The average Bonchev–Trinajstić information content (AvgIpc) is 3.30. The molecule has 0 aliphatic heterocycles. The molecule has 0 spiro atoms. The second kappa shape index (κ2) is 8.21. The highest BCUT2D eigenvalue weighted by Crippen LogP contribution is 2.30. The summed E-state index contributed by atoms with van der Waals surface area (Å²) in [5.74, 6) is -2.68. The maximum Gasteiger partial charge on any atom is 0.450 e. The first-order chi connectivity index (χ1) is 14.4. The van der Waals surface area contributed by atoms with Crippen molar-refractivity contribution in [3.05, 3.63) is 70.7 Å². The number of pyridine rings is 2. The molecule has 0 fully saturated rings. The van der Waals surface area contributed by atoms with Gasteiger partial charge in [-0.05, 0) is 40.2 Å². The summed E-state index contributed by atoms with van der Waals surface area (Å²) in [6.45, 7) is 0. The van der Waals surface area contributed by atoms with Crippen LogP contribution in [0.15, 0.2) is 53.5 Å². The van der Waals surface area contributed by atoms with Gasteiger partial charge in [0.15, 0.2) is 0 Å². The van der Waals surface area contributed by atoms with Gasteiger partial charge in [0, 0.05) is 16.9 Å². The van der Waals surface area contributed by atoms with Crippen molar-refractivity contribution in [3.63, 3.8) is 0 Å². The molecule has 13 heteroatoms. The molecule has 4 rings (SSSR count). The number of fused-ring (bicyclic) bond motifs is 2. The maximum atomic E-state index is 12.6. The summed E-state index contributed by atoms with van der Waals surface area (Å²) < 4.78 is 81.7. The fourth-order valence-electron chi connectivity index (χ4n) is 2.61. The van der Waals surface area contributed by atoms with Gasteiger partial charge in [0.2, 0.25) is 11.6 Å². The lowest BCUT2D eigenvalue weighted by Gasteiger charge is -2.06. The van der Waals surface area contributed by atoms with Gasteiger partial charge in [-0.25, -0.2) is 14.8 Å². The molecule has 0 aliphatic carbocycles. The number of halogens is 7. The van der Waals surface area contributed by atoms with Crippen LogP contribution in [0.1, 0.15) is 22.0 Å². The van der Waals surface area contributed by atoms with Gasteiger partial charge in [0.05, 0.1) is 36.1 Å². The standard InChI is InChI=1S/C10H7F3N2O2.C8H4BrF3N2/c1-17-8(16)6-2-3-7-4-14-9(10(11,12)13)15(7)5-6;9-5-1-2-6-3-13-7(8(10,11)12)14(6)4-5/h2-5H,1H3;1-4H. The van der Waals surface area contributed by atoms with Gasteiger partial charge in [-0.1, -0.05) is 0 Å². The number of carbonyl (C=O) groups excluding carboxylic acids is 1. The first-order valence-corrected chi connectivity index (χ1v) is 9.03. The second-order valence-corrected chi connectivity index (χ2v) is 6.92. The Hall–Kier alpha value is -3.09. The quantitative estimate of drug-likeness (QED) is 0.260. The topological polar surface area (TPSA) is 60.9 Å². The Morgan fingerprint density at radius 2 is 1.35 bits per heavy atom. The molecule has 0 radical (unpaired) electrons. The highest BCUT2D eigenvalue weighted by molar-refractivity contribution is 9.10. The van der Waals surface area contributed by atoms with E-state index in [1.807, 2.05) is 0 Å². The Morgan fingerprint density at radius 1 is 0.871 bits per heavy atom. The van der Waals surface area contributed by atoms with E-state index in [4.69, 9.17) is 0 Å². The predicted molar refractivity (Wildman–Crippen MR) is 99.4 cm³/mol. The molecular weight excluding hydrogens is 498 g/mol. The predicted octanol–water partition coefficient (Wildman–Crippen LogP) is 5.26. The summed E-state index contributed by atoms with van der Waals surface area (Å²) in [6, 6.07) is 5.97. The van der Waals surface area contributed by atoms with Crippen LogP contribution in [-0.4, -0.2) is 31.8 Å². The lowest BCUT2D eigenvalue weighted by Crippen LogP contribution is -2.12. The van der Waals surface area contributed by atoms with Crippen LogP contribution in [0.4, 0.5) is 26.3 Å². The molecule has 0 saturated heterocycles. The summed E-state index contributed by atoms with van der Waals surface area (Å²) in [4.78, 5) is 17.8. The second-order valence-electron chi connectivity index (χ2n) is 6.01. The molecule has 0 amide bonds. The number of esters is 1. The van der Waals surface area contributed by atoms with Crippen molar-refractivity contribution in [2.24, 2.45) is 0 Å². The molecule has 0 bridgehead atoms. The maximum absolute atomic E-state index is 12.6. The molecule has 6 nitrogen and oxygen atoms in total. The van der Waals surface area contributed by atoms with E-state index in [0.29, 0.717) is 9.99 Å². The van der Waals surface area contributed by atoms with E-state index >= 15 is 0 Å². The Kier molecular flexibility index (Phi) is 5.98. The van der Waals surface area contributed by atoms with Gasteiger partial charge in [0.1, 0.15) is 0 Å². The zero-order valence-corrected chi connectivity index (χ0v) is 17.0. The number of hydrogen-bond acceptors (Lipinski definition) is 4. The minimum Gasteiger partial charge on any atom is -0.465 e. The lowest BCUT2D eigenvalue weighted by atomic mass is 10.3. The van der Waals surface area contributed by atoms with E-state index < -0.39 is 30.0 Å². The number of ether oxygens (including phenoxy) is 1. The summed E-state index contributed by atoms with van der Waals surface area (Å²) in [6.07, 6.45) is -4.32. The first kappa shape index (κ1) is 22.6. The number of carbonyl (C=O) groups is 1. The zero-order valence-electron chi connectivity index (χ0n) is 15.4. The molecule has 31 heavy (non-hydrogen) atoms. The van der Waals surface area contributed by atoms with Crippen LogP contribution in [0.2, 0.25) is 0 Å². The Labute approximate surface area is 178 Å².